The molecule has 9 rings (SSSR count). The molecule has 12 nitrogen and oxygen atoms in total. The summed E-state index contributed by atoms with van der Waals surface area (Å²) in [5, 5.41) is 85.9. The zero-order valence-corrected chi connectivity index (χ0v) is 24.8. The lowest BCUT2D eigenvalue weighted by atomic mass is 10.1. The third-order valence-electron chi connectivity index (χ3n) is 9.37. The summed E-state index contributed by atoms with van der Waals surface area (Å²) in [5.74, 6) is -2.66. The minimum atomic E-state index is -0.332. The van der Waals surface area contributed by atoms with Crippen LogP contribution in [0, 0.1) is 0 Å². The Bertz CT molecular complexity index is 2290. The highest BCUT2D eigenvalue weighted by molar-refractivity contribution is 6.31. The summed E-state index contributed by atoms with van der Waals surface area (Å²) >= 11 is 0. The van der Waals surface area contributed by atoms with E-state index in [4.69, 9.17) is 20.0 Å². The summed E-state index contributed by atoms with van der Waals surface area (Å²) in [4.78, 5) is 20.0. The van der Waals surface area contributed by atoms with E-state index in [2.05, 4.69) is 0 Å². The maximum Gasteiger partial charge on any atom is 0.158 e. The molecule has 4 aromatic carbocycles. The minimum absolute atomic E-state index is 0.210. The summed E-state index contributed by atoms with van der Waals surface area (Å²) in [6, 6.07) is 11.4. The molecule has 8 N–H and O–H groups in total. The molecule has 0 amide bonds. The van der Waals surface area contributed by atoms with Crippen LogP contribution in [0.15, 0.2) is 68.5 Å². The molecule has 4 aromatic rings. The zero-order valence-electron chi connectivity index (χ0n) is 24.8. The van der Waals surface area contributed by atoms with E-state index in [-0.39, 0.29) is 71.7 Å². The molecule has 236 valence electrons. The molecule has 0 saturated heterocycles. The summed E-state index contributed by atoms with van der Waals surface area (Å²) < 4.78 is 0. The van der Waals surface area contributed by atoms with Crippen molar-refractivity contribution in [2.24, 2.45) is 20.0 Å². The number of aromatic hydroxyl groups is 8. The van der Waals surface area contributed by atoms with Crippen LogP contribution in [0.5, 0.6) is 46.0 Å². The van der Waals surface area contributed by atoms with Crippen LogP contribution in [-0.4, -0.2) is 63.7 Å². The van der Waals surface area contributed by atoms with Gasteiger partial charge in [-0.15, -0.1) is 0 Å². The fourth-order valence-electron chi connectivity index (χ4n) is 7.06. The number of nitrogens with zero attached hydrogens (tertiary/aromatic N) is 4. The number of phenolic OH excluding ortho intramolecular Hbond substituents is 8. The van der Waals surface area contributed by atoms with E-state index in [1.807, 2.05) is 0 Å². The van der Waals surface area contributed by atoms with E-state index in [1.165, 1.54) is 48.5 Å². The second kappa shape index (κ2) is 9.48. The smallest absolute Gasteiger partial charge is 0.158 e. The number of rotatable bonds is 0. The second-order valence-corrected chi connectivity index (χ2v) is 12.3. The van der Waals surface area contributed by atoms with E-state index in [0.29, 0.717) is 88.8 Å². The van der Waals surface area contributed by atoms with Crippen LogP contribution in [0.3, 0.4) is 0 Å². The molecular weight excluding hydrogens is 616 g/mol. The van der Waals surface area contributed by atoms with E-state index >= 15 is 0 Å². The lowest BCUT2D eigenvalue weighted by Gasteiger charge is -2.06. The van der Waals surface area contributed by atoms with E-state index in [9.17, 15) is 40.9 Å². The van der Waals surface area contributed by atoms with Crippen molar-refractivity contribution in [2.45, 2.75) is 25.7 Å². The monoisotopic (exact) mass is 640 g/mol. The minimum Gasteiger partial charge on any atom is -0.504 e. The molecule has 0 unspecified atom stereocenters. The van der Waals surface area contributed by atoms with E-state index < -0.39 is 0 Å². The van der Waals surface area contributed by atoms with Crippen LogP contribution in [-0.2, 0) is 0 Å². The van der Waals surface area contributed by atoms with Gasteiger partial charge < -0.3 is 40.9 Å². The number of fused-ring (bicyclic) bond motifs is 16. The van der Waals surface area contributed by atoms with Gasteiger partial charge in [-0.25, -0.2) is 0 Å². The van der Waals surface area contributed by atoms with Gasteiger partial charge >= 0.3 is 0 Å². The van der Waals surface area contributed by atoms with Gasteiger partial charge in [-0.1, -0.05) is 0 Å². The third kappa shape index (κ3) is 3.95. The van der Waals surface area contributed by atoms with Gasteiger partial charge in [0.1, 0.15) is 0 Å². The van der Waals surface area contributed by atoms with E-state index in [0.717, 1.165) is 0 Å². The van der Waals surface area contributed by atoms with E-state index in [1.54, 1.807) is 0 Å². The van der Waals surface area contributed by atoms with Crippen LogP contribution in [0.2, 0.25) is 0 Å². The largest absolute Gasteiger partial charge is 0.504 e. The average Bonchev–Trinajstić information content (AvgIpc) is 3.74. The fraction of sp³-hybridized carbons (Fsp3) is 0.111. The van der Waals surface area contributed by atoms with Crippen LogP contribution >= 0.6 is 0 Å². The molecule has 12 heteroatoms. The Kier molecular flexibility index (Phi) is 5.48. The van der Waals surface area contributed by atoms with Crippen molar-refractivity contribution in [3.05, 3.63) is 91.7 Å². The van der Waals surface area contributed by atoms with Gasteiger partial charge in [0.25, 0.3) is 0 Å². The van der Waals surface area contributed by atoms with Crippen LogP contribution in [0.25, 0.3) is 22.8 Å². The van der Waals surface area contributed by atoms with Crippen molar-refractivity contribution in [2.75, 3.05) is 0 Å². The van der Waals surface area contributed by atoms with Gasteiger partial charge in [0.05, 0.1) is 45.6 Å². The summed E-state index contributed by atoms with van der Waals surface area (Å²) in [5.41, 5.74) is 6.50. The van der Waals surface area contributed by atoms with Crippen LogP contribution < -0.4 is 20.9 Å². The number of hydrogen-bond donors (Lipinski definition) is 8. The first-order valence-electron chi connectivity index (χ1n) is 15.0. The van der Waals surface area contributed by atoms with Gasteiger partial charge in [-0.05, 0) is 48.5 Å². The lowest BCUT2D eigenvalue weighted by molar-refractivity contribution is 0.403. The van der Waals surface area contributed by atoms with Gasteiger partial charge in [0, 0.05) is 68.8 Å². The van der Waals surface area contributed by atoms with Gasteiger partial charge in [0.15, 0.2) is 46.0 Å². The average molecular weight is 641 g/mol. The van der Waals surface area contributed by atoms with Crippen LogP contribution in [0.4, 0.5) is 0 Å². The van der Waals surface area contributed by atoms with Gasteiger partial charge in [-0.2, -0.15) is 0 Å². The summed E-state index contributed by atoms with van der Waals surface area (Å²) in [6.07, 6.45) is 0.840. The normalized spacial score (nSPS) is 17.0. The van der Waals surface area contributed by atoms with Crippen molar-refractivity contribution >= 4 is 45.6 Å². The Labute approximate surface area is 269 Å². The first-order chi connectivity index (χ1) is 23.0. The molecule has 5 aliphatic rings. The standard InChI is InChI=1S/C36H24N4O8/c41-29-1-13-14(2-30(29)42)22-9-21(13)37-23-10-25(16-4-32(44)31(43)3-15(16)23)39-27-12-28(20-8-36(48)35(47)7-19(20)27)40-26-11-24(38-22)17-5-33(45)34(46)6-18(17)26/h1-8,41-48H,9-12H2. The molecule has 1 heterocycles. The lowest BCUT2D eigenvalue weighted by Crippen LogP contribution is -2.24. The van der Waals surface area contributed by atoms with Crippen LogP contribution in [0.1, 0.15) is 47.9 Å². The van der Waals surface area contributed by atoms with Crippen molar-refractivity contribution in [1.29, 1.82) is 0 Å². The highest BCUT2D eigenvalue weighted by Gasteiger charge is 2.31. The molecule has 0 radical (unpaired) electrons. The zero-order chi connectivity index (χ0) is 33.2. The molecular formula is C36H24N4O8. The molecule has 8 bridgehead atoms. The third-order valence-corrected chi connectivity index (χ3v) is 9.37. The highest BCUT2D eigenvalue weighted by Crippen LogP contribution is 2.39. The van der Waals surface area contributed by atoms with Crippen molar-refractivity contribution in [3.63, 3.8) is 0 Å². The Morgan fingerprint density at radius 3 is 0.729 bits per heavy atom. The number of benzene rings is 4. The van der Waals surface area contributed by atoms with Gasteiger partial charge in [-0.3, -0.25) is 20.0 Å². The Morgan fingerprint density at radius 2 is 0.500 bits per heavy atom. The highest BCUT2D eigenvalue weighted by atomic mass is 16.3. The predicted molar refractivity (Wildman–Crippen MR) is 176 cm³/mol. The second-order valence-electron chi connectivity index (χ2n) is 12.3. The molecule has 0 saturated carbocycles. The van der Waals surface area contributed by atoms with Crippen molar-refractivity contribution in [1.82, 2.24) is 0 Å². The Hall–Kier alpha value is -6.56. The topological polar surface area (TPSA) is 211 Å². The number of phenols is 8. The number of aliphatic imine (C=N–C) groups is 4. The Balaban J connectivity index is 1.40. The molecule has 0 spiro atoms. The molecule has 0 fully saturated rings. The first kappa shape index (κ1) is 27.7. The molecule has 0 aromatic heterocycles. The molecule has 48 heavy (non-hydrogen) atoms. The first-order valence-corrected chi connectivity index (χ1v) is 15.0. The molecule has 1 aliphatic heterocycles. The van der Waals surface area contributed by atoms with Crippen molar-refractivity contribution in [3.8, 4) is 46.0 Å². The van der Waals surface area contributed by atoms with Gasteiger partial charge in [0.2, 0.25) is 0 Å². The SMILES string of the molecule is Oc1cc2c(cc1O)C1=NC3=c4cc(O)c(O)cc4=C(C3)N=C3CC(=NC4=c5cc(O)c(O)cc5=C(C4)N=C2C1)c1cc(O)c(O)cc13. The summed E-state index contributed by atoms with van der Waals surface area (Å²) in [7, 11) is 0. The quantitative estimate of drug-likeness (QED) is 0.132. The maximum atomic E-state index is 10.5. The Morgan fingerprint density at radius 1 is 0.292 bits per heavy atom. The number of hydrogen-bond acceptors (Lipinski definition) is 12. The predicted octanol–water partition coefficient (Wildman–Crippen LogP) is 1.65. The molecule has 4 aliphatic carbocycles. The summed E-state index contributed by atoms with van der Waals surface area (Å²) in [6.45, 7) is 0. The molecule has 0 atom stereocenters. The fourth-order valence-corrected chi connectivity index (χ4v) is 7.06. The maximum absolute atomic E-state index is 10.5. The van der Waals surface area contributed by atoms with Crippen molar-refractivity contribution < 1.29 is 40.9 Å².